The van der Waals surface area contributed by atoms with Crippen molar-refractivity contribution in [3.8, 4) is 22.6 Å². The lowest BCUT2D eigenvalue weighted by Crippen LogP contribution is -2.58. The molecule has 5 amide bonds. The number of aromatic hydroxyl groups is 2. The number of carbonyl (C=O) groups is 5. The summed E-state index contributed by atoms with van der Waals surface area (Å²) in [5.41, 5.74) is -0.259. The van der Waals surface area contributed by atoms with Gasteiger partial charge in [-0.05, 0) is 88.1 Å². The zero-order chi connectivity index (χ0) is 39.7. The number of nitrogens with one attached hydrogen (secondary N) is 5. The van der Waals surface area contributed by atoms with Crippen LogP contribution in [0.25, 0.3) is 11.1 Å². The zero-order valence-electron chi connectivity index (χ0n) is 30.7. The molecule has 1 aliphatic rings. The Bertz CT molecular complexity index is 1640. The fourth-order valence-corrected chi connectivity index (χ4v) is 5.22. The van der Waals surface area contributed by atoms with Gasteiger partial charge in [-0.15, -0.1) is 0 Å². The smallest absolute Gasteiger partial charge is 0.408 e. The summed E-state index contributed by atoms with van der Waals surface area (Å²) in [5, 5.41) is 64.0. The summed E-state index contributed by atoms with van der Waals surface area (Å²) >= 11 is 0. The third-order valence-electron chi connectivity index (χ3n) is 7.73. The molecule has 0 aliphatic carbocycles. The highest BCUT2D eigenvalue weighted by atomic mass is 16.6. The van der Waals surface area contributed by atoms with E-state index in [-0.39, 0.29) is 42.0 Å². The minimum Gasteiger partial charge on any atom is -0.508 e. The van der Waals surface area contributed by atoms with Gasteiger partial charge < -0.3 is 61.6 Å². The van der Waals surface area contributed by atoms with Gasteiger partial charge in [0, 0.05) is 32.4 Å². The third kappa shape index (κ3) is 13.7. The van der Waals surface area contributed by atoms with Crippen molar-refractivity contribution in [3.05, 3.63) is 47.5 Å². The van der Waals surface area contributed by atoms with Crippen molar-refractivity contribution in [2.24, 2.45) is 0 Å². The number of alkyl carbamates (subject to hydrolysis) is 2. The number of carbonyl (C=O) groups excluding carboxylic acids is 5. The predicted octanol–water partition coefficient (Wildman–Crippen LogP) is 0.471. The average molecular weight is 746 g/mol. The van der Waals surface area contributed by atoms with Crippen LogP contribution in [0.15, 0.2) is 36.4 Å². The Labute approximate surface area is 307 Å². The number of phenolic OH excluding ortho intramolecular Hbond substituents is 2. The summed E-state index contributed by atoms with van der Waals surface area (Å²) in [5.74, 6) is -3.13. The molecule has 0 fully saturated rings. The highest BCUT2D eigenvalue weighted by Gasteiger charge is 2.33. The van der Waals surface area contributed by atoms with Gasteiger partial charge in [-0.2, -0.15) is 0 Å². The first-order valence-electron chi connectivity index (χ1n) is 17.1. The number of rotatable bonds is 9. The van der Waals surface area contributed by atoms with Crippen LogP contribution in [0.2, 0.25) is 0 Å². The lowest BCUT2D eigenvalue weighted by molar-refractivity contribution is -0.133. The normalized spacial score (nSPS) is 19.2. The number of fused-ring (bicyclic) bond motifs is 5. The molecule has 4 bridgehead atoms. The first-order valence-corrected chi connectivity index (χ1v) is 17.1. The molecule has 0 saturated carbocycles. The van der Waals surface area contributed by atoms with E-state index in [2.05, 4.69) is 26.6 Å². The molecule has 0 radical (unpaired) electrons. The molecule has 17 heteroatoms. The van der Waals surface area contributed by atoms with Crippen molar-refractivity contribution >= 4 is 29.9 Å². The highest BCUT2D eigenvalue weighted by molar-refractivity contribution is 5.94. The second-order valence-corrected chi connectivity index (χ2v) is 14.8. The van der Waals surface area contributed by atoms with Gasteiger partial charge in [0.05, 0.1) is 18.8 Å². The predicted molar refractivity (Wildman–Crippen MR) is 191 cm³/mol. The van der Waals surface area contributed by atoms with Crippen molar-refractivity contribution in [2.75, 3.05) is 19.7 Å². The third-order valence-corrected chi connectivity index (χ3v) is 7.73. The molecule has 0 saturated heterocycles. The number of benzene rings is 2. The first kappa shape index (κ1) is 42.3. The Kier molecular flexibility index (Phi) is 14.4. The van der Waals surface area contributed by atoms with E-state index in [9.17, 15) is 49.5 Å². The number of aliphatic hydroxyl groups is 3. The molecule has 53 heavy (non-hydrogen) atoms. The van der Waals surface area contributed by atoms with Crippen molar-refractivity contribution < 1.29 is 59.0 Å². The van der Waals surface area contributed by atoms with Gasteiger partial charge in [0.2, 0.25) is 17.7 Å². The van der Waals surface area contributed by atoms with Gasteiger partial charge in [0.15, 0.2) is 0 Å². The van der Waals surface area contributed by atoms with E-state index in [1.165, 1.54) is 12.1 Å². The van der Waals surface area contributed by atoms with E-state index in [0.717, 1.165) is 0 Å². The summed E-state index contributed by atoms with van der Waals surface area (Å²) in [6.07, 6.45) is -5.67. The van der Waals surface area contributed by atoms with Crippen LogP contribution >= 0.6 is 0 Å². The number of amides is 5. The van der Waals surface area contributed by atoms with E-state index in [1.54, 1.807) is 65.8 Å². The molecule has 0 spiro atoms. The molecule has 1 aliphatic heterocycles. The lowest BCUT2D eigenvalue weighted by atomic mass is 9.95. The zero-order valence-corrected chi connectivity index (χ0v) is 30.7. The minimum absolute atomic E-state index is 0.208. The standard InChI is InChI=1S/C36H51N5O12/c1-35(2,3)52-33(50)38-16-23(43)15-27-32(49)39-25(30(47)37-17-24(44)18-42)13-21-11-19(7-9-28(21)45)20-8-10-29(46)22(12-20)14-26(31(48)40-27)41-34(51)53-36(4,5)6/h7-12,23-27,42-46H,13-18H2,1-6H3,(H,37,47)(H,38,50)(H,39,49)(H,40,48)(H,41,51)/t23-,24?,25+,26+,27+/m1/s1. The van der Waals surface area contributed by atoms with Gasteiger partial charge in [-0.25, -0.2) is 9.59 Å². The number of phenols is 2. The Hall–Kier alpha value is -5.13. The maximum Gasteiger partial charge on any atom is 0.408 e. The molecule has 3 rings (SSSR count). The fraction of sp³-hybridized carbons (Fsp3) is 0.528. The van der Waals surface area contributed by atoms with E-state index < -0.39 is 91.0 Å². The van der Waals surface area contributed by atoms with Crippen LogP contribution in [0.1, 0.15) is 59.1 Å². The minimum atomic E-state index is -1.59. The van der Waals surface area contributed by atoms with Crippen LogP contribution in [0.3, 0.4) is 0 Å². The fourth-order valence-electron chi connectivity index (χ4n) is 5.22. The molecule has 17 nitrogen and oxygen atoms in total. The lowest BCUT2D eigenvalue weighted by Gasteiger charge is -2.28. The van der Waals surface area contributed by atoms with Crippen molar-refractivity contribution in [1.29, 1.82) is 0 Å². The van der Waals surface area contributed by atoms with Crippen molar-refractivity contribution in [1.82, 2.24) is 26.6 Å². The molecule has 5 atom stereocenters. The van der Waals surface area contributed by atoms with Crippen molar-refractivity contribution in [2.45, 2.75) is 102 Å². The average Bonchev–Trinajstić information content (AvgIpc) is 3.05. The maximum atomic E-state index is 14.0. The van der Waals surface area contributed by atoms with Gasteiger partial charge in [-0.1, -0.05) is 12.1 Å². The molecule has 2 aromatic rings. The largest absolute Gasteiger partial charge is 0.508 e. The van der Waals surface area contributed by atoms with E-state index in [0.29, 0.717) is 11.1 Å². The van der Waals surface area contributed by atoms with Gasteiger partial charge >= 0.3 is 12.2 Å². The number of hydrogen-bond donors (Lipinski definition) is 10. The second-order valence-electron chi connectivity index (χ2n) is 14.8. The Morgan fingerprint density at radius 2 is 1.30 bits per heavy atom. The summed E-state index contributed by atoms with van der Waals surface area (Å²) in [7, 11) is 0. The monoisotopic (exact) mass is 745 g/mol. The van der Waals surface area contributed by atoms with Crippen molar-refractivity contribution in [3.63, 3.8) is 0 Å². The summed E-state index contributed by atoms with van der Waals surface area (Å²) in [6, 6.07) is 4.64. The first-order chi connectivity index (χ1) is 24.6. The quantitative estimate of drug-likeness (QED) is 0.168. The van der Waals surface area contributed by atoms with E-state index in [1.807, 2.05) is 0 Å². The number of ether oxygens (including phenoxy) is 2. The summed E-state index contributed by atoms with van der Waals surface area (Å²) in [4.78, 5) is 66.5. The second kappa shape index (κ2) is 18.1. The van der Waals surface area contributed by atoms with Gasteiger partial charge in [-0.3, -0.25) is 14.4 Å². The SMILES string of the molecule is CC(C)(C)OC(=O)NC[C@H](O)C[C@@H]1NC(=O)[C@@H](NC(=O)OC(C)(C)C)Cc2cc(ccc2O)-c2ccc(O)c(c2)C[C@@H](C(=O)NCC(O)CO)NC1=O. The van der Waals surface area contributed by atoms with Crippen LogP contribution < -0.4 is 26.6 Å². The molecule has 292 valence electrons. The van der Waals surface area contributed by atoms with Crippen LogP contribution in [0.5, 0.6) is 11.5 Å². The Morgan fingerprint density at radius 1 is 0.774 bits per heavy atom. The molecule has 2 aromatic carbocycles. The molecule has 0 aromatic heterocycles. The molecule has 1 unspecified atom stereocenters. The van der Waals surface area contributed by atoms with Gasteiger partial charge in [0.25, 0.3) is 0 Å². The van der Waals surface area contributed by atoms with Gasteiger partial charge in [0.1, 0.15) is 40.8 Å². The van der Waals surface area contributed by atoms with E-state index >= 15 is 0 Å². The van der Waals surface area contributed by atoms with Crippen LogP contribution in [-0.2, 0) is 36.7 Å². The summed E-state index contributed by atoms with van der Waals surface area (Å²) < 4.78 is 10.6. The number of aliphatic hydroxyl groups excluding tert-OH is 3. The number of hydrogen-bond acceptors (Lipinski definition) is 12. The summed E-state index contributed by atoms with van der Waals surface area (Å²) in [6.45, 7) is 8.35. The maximum absolute atomic E-state index is 14.0. The van der Waals surface area contributed by atoms with Crippen LogP contribution in [-0.4, -0.2) is 117 Å². The topological polar surface area (TPSA) is 265 Å². The molecular weight excluding hydrogens is 694 g/mol. The van der Waals surface area contributed by atoms with E-state index in [4.69, 9.17) is 9.47 Å². The molecule has 1 heterocycles. The van der Waals surface area contributed by atoms with Crippen LogP contribution in [0, 0.1) is 0 Å². The molecule has 10 N–H and O–H groups in total. The molecular formula is C36H51N5O12. The Balaban J connectivity index is 2.10. The van der Waals surface area contributed by atoms with Crippen LogP contribution in [0.4, 0.5) is 9.59 Å². The Morgan fingerprint density at radius 3 is 1.85 bits per heavy atom. The highest BCUT2D eigenvalue weighted by Crippen LogP contribution is 2.31.